The predicted octanol–water partition coefficient (Wildman–Crippen LogP) is 4.56. The largest absolute Gasteiger partial charge is 0.494 e. The second-order valence-electron chi connectivity index (χ2n) is 5.24. The van der Waals surface area contributed by atoms with Crippen molar-refractivity contribution in [3.05, 3.63) is 29.8 Å². The predicted molar refractivity (Wildman–Crippen MR) is 82.7 cm³/mol. The minimum Gasteiger partial charge on any atom is -0.494 e. The highest BCUT2D eigenvalue weighted by atomic mass is 16.5. The fraction of sp³-hybridized carbons (Fsp3) is 0.647. The van der Waals surface area contributed by atoms with Crippen molar-refractivity contribution in [2.45, 2.75) is 53.0 Å². The van der Waals surface area contributed by atoms with E-state index >= 15 is 0 Å². The van der Waals surface area contributed by atoms with Crippen LogP contribution < -0.4 is 10.1 Å². The Morgan fingerprint density at radius 1 is 1.16 bits per heavy atom. The number of benzene rings is 1. The Kier molecular flexibility index (Phi) is 7.57. The van der Waals surface area contributed by atoms with Gasteiger partial charge in [0.25, 0.3) is 0 Å². The number of rotatable bonds is 9. The summed E-state index contributed by atoms with van der Waals surface area (Å²) in [7, 11) is 0. The molecule has 2 atom stereocenters. The monoisotopic (exact) mass is 263 g/mol. The summed E-state index contributed by atoms with van der Waals surface area (Å²) in [6.45, 7) is 10.8. The van der Waals surface area contributed by atoms with Crippen molar-refractivity contribution in [2.24, 2.45) is 5.92 Å². The Hall–Kier alpha value is -1.02. The smallest absolute Gasteiger partial charge is 0.119 e. The van der Waals surface area contributed by atoms with Gasteiger partial charge in [-0.2, -0.15) is 0 Å². The molecule has 2 nitrogen and oxygen atoms in total. The Morgan fingerprint density at radius 2 is 1.95 bits per heavy atom. The zero-order chi connectivity index (χ0) is 14.1. The molecule has 0 aliphatic rings. The van der Waals surface area contributed by atoms with Crippen molar-refractivity contribution in [3.8, 4) is 5.75 Å². The van der Waals surface area contributed by atoms with Crippen LogP contribution in [0.2, 0.25) is 0 Å². The van der Waals surface area contributed by atoms with E-state index in [1.165, 1.54) is 18.4 Å². The third-order valence-corrected chi connectivity index (χ3v) is 3.52. The zero-order valence-corrected chi connectivity index (χ0v) is 12.9. The van der Waals surface area contributed by atoms with E-state index in [1.54, 1.807) is 0 Å². The molecular weight excluding hydrogens is 234 g/mol. The Morgan fingerprint density at radius 3 is 2.58 bits per heavy atom. The van der Waals surface area contributed by atoms with Gasteiger partial charge in [0, 0.05) is 6.04 Å². The lowest BCUT2D eigenvalue weighted by Crippen LogP contribution is -2.27. The van der Waals surface area contributed by atoms with Crippen LogP contribution >= 0.6 is 0 Å². The molecule has 0 heterocycles. The maximum Gasteiger partial charge on any atom is 0.119 e. The van der Waals surface area contributed by atoms with Gasteiger partial charge in [-0.05, 0) is 43.0 Å². The summed E-state index contributed by atoms with van der Waals surface area (Å²) in [5.74, 6) is 1.62. The van der Waals surface area contributed by atoms with Crippen LogP contribution in [0.5, 0.6) is 5.75 Å². The van der Waals surface area contributed by atoms with Gasteiger partial charge in [-0.25, -0.2) is 0 Å². The molecule has 1 N–H and O–H groups in total. The molecule has 0 saturated heterocycles. The molecule has 1 rings (SSSR count). The maximum atomic E-state index is 5.74. The van der Waals surface area contributed by atoms with Crippen LogP contribution in [0.1, 0.15) is 58.6 Å². The van der Waals surface area contributed by atoms with E-state index in [9.17, 15) is 0 Å². The molecule has 1 aromatic rings. The topological polar surface area (TPSA) is 21.3 Å². The molecule has 0 aliphatic heterocycles. The van der Waals surface area contributed by atoms with Crippen LogP contribution in [0.15, 0.2) is 24.3 Å². The van der Waals surface area contributed by atoms with Crippen molar-refractivity contribution in [1.82, 2.24) is 5.32 Å². The Labute approximate surface area is 118 Å². The minimum absolute atomic E-state index is 0.426. The highest BCUT2D eigenvalue weighted by Gasteiger charge is 2.17. The maximum absolute atomic E-state index is 5.74. The van der Waals surface area contributed by atoms with Crippen molar-refractivity contribution in [1.29, 1.82) is 0 Å². The first-order valence-corrected chi connectivity index (χ1v) is 7.69. The van der Waals surface area contributed by atoms with Crippen LogP contribution in [-0.2, 0) is 0 Å². The summed E-state index contributed by atoms with van der Waals surface area (Å²) >= 11 is 0. The summed E-state index contributed by atoms with van der Waals surface area (Å²) < 4.78 is 5.74. The highest BCUT2D eigenvalue weighted by Crippen LogP contribution is 2.27. The van der Waals surface area contributed by atoms with Gasteiger partial charge in [0.2, 0.25) is 0 Å². The number of nitrogens with one attached hydrogen (secondary N) is 1. The van der Waals surface area contributed by atoms with Crippen LogP contribution in [0.4, 0.5) is 0 Å². The second kappa shape index (κ2) is 8.98. The summed E-state index contributed by atoms with van der Waals surface area (Å²) in [6.07, 6.45) is 3.40. The SMILES string of the molecule is CCCNC(c1cccc(OCCC)c1)C(C)CC. The first-order valence-electron chi connectivity index (χ1n) is 7.69. The average Bonchev–Trinajstić information content (AvgIpc) is 2.45. The van der Waals surface area contributed by atoms with Gasteiger partial charge in [-0.15, -0.1) is 0 Å². The van der Waals surface area contributed by atoms with E-state index < -0.39 is 0 Å². The standard InChI is InChI=1S/C17H29NO/c1-5-11-18-17(14(4)7-3)15-9-8-10-16(13-15)19-12-6-2/h8-10,13-14,17-18H,5-7,11-12H2,1-4H3. The molecule has 108 valence electrons. The molecule has 0 bridgehead atoms. The average molecular weight is 263 g/mol. The molecule has 0 fully saturated rings. The van der Waals surface area contributed by atoms with E-state index in [0.717, 1.165) is 25.3 Å². The second-order valence-corrected chi connectivity index (χ2v) is 5.24. The van der Waals surface area contributed by atoms with Gasteiger partial charge in [0.15, 0.2) is 0 Å². The van der Waals surface area contributed by atoms with E-state index in [2.05, 4.69) is 51.2 Å². The Bertz CT molecular complexity index is 351. The zero-order valence-electron chi connectivity index (χ0n) is 12.9. The molecule has 0 radical (unpaired) electrons. The molecule has 1 aromatic carbocycles. The van der Waals surface area contributed by atoms with E-state index in [4.69, 9.17) is 4.74 Å². The lowest BCUT2D eigenvalue weighted by molar-refractivity contribution is 0.315. The minimum atomic E-state index is 0.426. The fourth-order valence-corrected chi connectivity index (χ4v) is 2.20. The normalized spacial score (nSPS) is 14.1. The van der Waals surface area contributed by atoms with Gasteiger partial charge in [0.1, 0.15) is 5.75 Å². The first-order chi connectivity index (χ1) is 9.22. The molecular formula is C17H29NO. The summed E-state index contributed by atoms with van der Waals surface area (Å²) in [5.41, 5.74) is 1.34. The Balaban J connectivity index is 2.81. The van der Waals surface area contributed by atoms with Crippen molar-refractivity contribution in [3.63, 3.8) is 0 Å². The molecule has 19 heavy (non-hydrogen) atoms. The lowest BCUT2D eigenvalue weighted by Gasteiger charge is -2.25. The van der Waals surface area contributed by atoms with Crippen molar-refractivity contribution in [2.75, 3.05) is 13.2 Å². The molecule has 2 heteroatoms. The van der Waals surface area contributed by atoms with Crippen molar-refractivity contribution < 1.29 is 4.74 Å². The quantitative estimate of drug-likeness (QED) is 0.705. The molecule has 0 amide bonds. The van der Waals surface area contributed by atoms with E-state index in [-0.39, 0.29) is 0 Å². The molecule has 0 saturated carbocycles. The van der Waals surface area contributed by atoms with Gasteiger partial charge in [-0.3, -0.25) is 0 Å². The highest BCUT2D eigenvalue weighted by molar-refractivity contribution is 5.31. The number of ether oxygens (including phenoxy) is 1. The first kappa shape index (κ1) is 16.0. The summed E-state index contributed by atoms with van der Waals surface area (Å²) in [5, 5.41) is 3.66. The molecule has 0 aromatic heterocycles. The third kappa shape index (κ3) is 5.23. The third-order valence-electron chi connectivity index (χ3n) is 3.52. The summed E-state index contributed by atoms with van der Waals surface area (Å²) in [4.78, 5) is 0. The van der Waals surface area contributed by atoms with Gasteiger partial charge in [-0.1, -0.05) is 46.2 Å². The molecule has 0 aliphatic carbocycles. The number of hydrogen-bond donors (Lipinski definition) is 1. The molecule has 2 unspecified atom stereocenters. The van der Waals surface area contributed by atoms with Crippen LogP contribution in [0, 0.1) is 5.92 Å². The van der Waals surface area contributed by atoms with Gasteiger partial charge >= 0.3 is 0 Å². The van der Waals surface area contributed by atoms with Crippen molar-refractivity contribution >= 4 is 0 Å². The van der Waals surface area contributed by atoms with Crippen LogP contribution in [0.25, 0.3) is 0 Å². The lowest BCUT2D eigenvalue weighted by atomic mass is 9.92. The van der Waals surface area contributed by atoms with E-state index in [0.29, 0.717) is 12.0 Å². The van der Waals surface area contributed by atoms with E-state index in [1.807, 2.05) is 6.07 Å². The van der Waals surface area contributed by atoms with Crippen LogP contribution in [-0.4, -0.2) is 13.2 Å². The van der Waals surface area contributed by atoms with Gasteiger partial charge < -0.3 is 10.1 Å². The van der Waals surface area contributed by atoms with Gasteiger partial charge in [0.05, 0.1) is 6.61 Å². The van der Waals surface area contributed by atoms with Crippen LogP contribution in [0.3, 0.4) is 0 Å². The number of hydrogen-bond acceptors (Lipinski definition) is 2. The fourth-order valence-electron chi connectivity index (χ4n) is 2.20. The summed E-state index contributed by atoms with van der Waals surface area (Å²) in [6, 6.07) is 8.97. The molecule has 0 spiro atoms.